The number of rotatable bonds is 6. The Bertz CT molecular complexity index is 2220. The molecule has 0 bridgehead atoms. The van der Waals surface area contributed by atoms with E-state index in [1.165, 1.54) is 4.68 Å². The summed E-state index contributed by atoms with van der Waals surface area (Å²) in [5, 5.41) is 16.5. The van der Waals surface area contributed by atoms with Gasteiger partial charge in [-0.3, -0.25) is 4.79 Å². The SMILES string of the molecule is Cc1c(C=Nn2c(-c3cc4ccccc4o3)nc3ccccc3c2=O)c2ccccc2n1Cc1cccc(C(=O)O)c1. The second-order valence-corrected chi connectivity index (χ2v) is 10.1. The average Bonchev–Trinajstić information content (AvgIpc) is 3.56. The number of hydrogen-bond donors (Lipinski definition) is 1. The molecule has 0 radical (unpaired) electrons. The van der Waals surface area contributed by atoms with Crippen LogP contribution in [0.15, 0.2) is 117 Å². The molecule has 0 fully saturated rings. The standard InChI is InChI=1S/C34H24N4O4/c1-21-27(25-12-4-6-15-29(25)37(21)20-22-9-8-11-24(17-22)34(40)41)19-35-38-32(31-18-23-10-2-7-16-30(23)42-31)36-28-14-5-3-13-26(28)33(38)39/h2-19H,20H2,1H3,(H,40,41). The van der Waals surface area contributed by atoms with E-state index in [1.807, 2.05) is 73.7 Å². The molecule has 42 heavy (non-hydrogen) atoms. The second-order valence-electron chi connectivity index (χ2n) is 10.1. The Kier molecular flexibility index (Phi) is 6.01. The number of carboxylic acid groups (broad SMARTS) is 1. The molecule has 0 aliphatic heterocycles. The Labute approximate surface area is 239 Å². The minimum atomic E-state index is -0.964. The normalized spacial score (nSPS) is 11.7. The minimum absolute atomic E-state index is 0.240. The third-order valence-corrected chi connectivity index (χ3v) is 7.50. The molecule has 0 aliphatic carbocycles. The van der Waals surface area contributed by atoms with Crippen LogP contribution in [-0.2, 0) is 6.54 Å². The highest BCUT2D eigenvalue weighted by Crippen LogP contribution is 2.28. The van der Waals surface area contributed by atoms with Gasteiger partial charge in [0.25, 0.3) is 5.56 Å². The smallest absolute Gasteiger partial charge is 0.335 e. The molecule has 0 unspecified atom stereocenters. The number of fused-ring (bicyclic) bond motifs is 3. The lowest BCUT2D eigenvalue weighted by Gasteiger charge is -2.10. The van der Waals surface area contributed by atoms with Crippen molar-refractivity contribution in [3.05, 3.63) is 136 Å². The number of furan rings is 1. The van der Waals surface area contributed by atoms with E-state index in [-0.39, 0.29) is 11.1 Å². The molecule has 1 N–H and O–H groups in total. The van der Waals surface area contributed by atoms with Crippen LogP contribution < -0.4 is 5.56 Å². The van der Waals surface area contributed by atoms with Gasteiger partial charge >= 0.3 is 5.97 Å². The van der Waals surface area contributed by atoms with Gasteiger partial charge in [-0.2, -0.15) is 9.78 Å². The number of carboxylic acids is 1. The number of aromatic nitrogens is 3. The van der Waals surface area contributed by atoms with E-state index in [1.54, 1.807) is 42.6 Å². The predicted molar refractivity (Wildman–Crippen MR) is 163 cm³/mol. The molecule has 0 spiro atoms. The van der Waals surface area contributed by atoms with Crippen molar-refractivity contribution in [1.82, 2.24) is 14.2 Å². The average molecular weight is 553 g/mol. The van der Waals surface area contributed by atoms with Gasteiger partial charge in [-0.1, -0.05) is 60.7 Å². The van der Waals surface area contributed by atoms with Gasteiger partial charge in [-0.15, -0.1) is 0 Å². The van der Waals surface area contributed by atoms with Crippen LogP contribution in [0.3, 0.4) is 0 Å². The highest BCUT2D eigenvalue weighted by molar-refractivity contribution is 6.01. The largest absolute Gasteiger partial charge is 0.478 e. The van der Waals surface area contributed by atoms with Gasteiger partial charge in [0.2, 0.25) is 5.82 Å². The van der Waals surface area contributed by atoms with Crippen LogP contribution in [0.4, 0.5) is 0 Å². The van der Waals surface area contributed by atoms with Crippen molar-refractivity contribution < 1.29 is 14.3 Å². The summed E-state index contributed by atoms with van der Waals surface area (Å²) in [5.41, 5.74) is 4.78. The second kappa shape index (κ2) is 10.0. The van der Waals surface area contributed by atoms with Crippen molar-refractivity contribution in [2.24, 2.45) is 5.10 Å². The van der Waals surface area contributed by atoms with Gasteiger partial charge in [0.05, 0.1) is 22.7 Å². The quantitative estimate of drug-likeness (QED) is 0.231. The van der Waals surface area contributed by atoms with E-state index in [0.717, 1.165) is 33.1 Å². The van der Waals surface area contributed by atoms with Crippen molar-refractivity contribution in [3.8, 4) is 11.6 Å². The summed E-state index contributed by atoms with van der Waals surface area (Å²) >= 11 is 0. The fraction of sp³-hybridized carbons (Fsp3) is 0.0588. The van der Waals surface area contributed by atoms with Crippen molar-refractivity contribution in [2.75, 3.05) is 0 Å². The fourth-order valence-electron chi connectivity index (χ4n) is 5.41. The first-order valence-electron chi connectivity index (χ1n) is 13.4. The van der Waals surface area contributed by atoms with E-state index in [4.69, 9.17) is 14.5 Å². The number of aromatic carboxylic acids is 1. The summed E-state index contributed by atoms with van der Waals surface area (Å²) in [6.45, 7) is 2.47. The molecule has 7 rings (SSSR count). The Balaban J connectivity index is 1.38. The maximum absolute atomic E-state index is 13.8. The van der Waals surface area contributed by atoms with Gasteiger partial charge in [-0.05, 0) is 55.0 Å². The highest BCUT2D eigenvalue weighted by Gasteiger charge is 2.18. The van der Waals surface area contributed by atoms with Crippen LogP contribution in [-0.4, -0.2) is 31.5 Å². The number of carbonyl (C=O) groups is 1. The molecule has 7 aromatic rings. The number of benzene rings is 4. The van der Waals surface area contributed by atoms with Gasteiger partial charge in [0.15, 0.2) is 5.76 Å². The van der Waals surface area contributed by atoms with E-state index in [0.29, 0.717) is 34.6 Å². The number of hydrogen-bond acceptors (Lipinski definition) is 5. The minimum Gasteiger partial charge on any atom is -0.478 e. The van der Waals surface area contributed by atoms with Crippen LogP contribution >= 0.6 is 0 Å². The summed E-state index contributed by atoms with van der Waals surface area (Å²) in [6, 6.07) is 31.6. The van der Waals surface area contributed by atoms with Crippen LogP contribution in [0.1, 0.15) is 27.2 Å². The number of nitrogens with zero attached hydrogens (tertiary/aromatic N) is 4. The lowest BCUT2D eigenvalue weighted by atomic mass is 10.1. The Morgan fingerprint density at radius 3 is 2.52 bits per heavy atom. The van der Waals surface area contributed by atoms with Crippen LogP contribution in [0, 0.1) is 6.92 Å². The van der Waals surface area contributed by atoms with E-state index in [9.17, 15) is 14.7 Å². The zero-order valence-electron chi connectivity index (χ0n) is 22.6. The molecule has 0 saturated carbocycles. The van der Waals surface area contributed by atoms with Crippen LogP contribution in [0.5, 0.6) is 0 Å². The Hall–Kier alpha value is -5.76. The number of para-hydroxylation sites is 3. The molecule has 4 aromatic carbocycles. The molecule has 3 heterocycles. The fourth-order valence-corrected chi connectivity index (χ4v) is 5.41. The molecule has 204 valence electrons. The van der Waals surface area contributed by atoms with E-state index < -0.39 is 5.97 Å². The monoisotopic (exact) mass is 552 g/mol. The van der Waals surface area contributed by atoms with Crippen molar-refractivity contribution in [2.45, 2.75) is 13.5 Å². The summed E-state index contributed by atoms with van der Waals surface area (Å²) in [7, 11) is 0. The lowest BCUT2D eigenvalue weighted by molar-refractivity contribution is 0.0696. The molecule has 8 nitrogen and oxygen atoms in total. The molecular weight excluding hydrogens is 528 g/mol. The Morgan fingerprint density at radius 2 is 1.69 bits per heavy atom. The van der Waals surface area contributed by atoms with Gasteiger partial charge < -0.3 is 14.1 Å². The highest BCUT2D eigenvalue weighted by atomic mass is 16.4. The molecule has 0 amide bonds. The third-order valence-electron chi connectivity index (χ3n) is 7.50. The zero-order valence-corrected chi connectivity index (χ0v) is 22.6. The van der Waals surface area contributed by atoms with Crippen molar-refractivity contribution in [3.63, 3.8) is 0 Å². The predicted octanol–water partition coefficient (Wildman–Crippen LogP) is 6.70. The summed E-state index contributed by atoms with van der Waals surface area (Å²) in [5.74, 6) is -0.222. The first-order valence-corrected chi connectivity index (χ1v) is 13.4. The maximum atomic E-state index is 13.8. The van der Waals surface area contributed by atoms with E-state index in [2.05, 4.69) is 4.57 Å². The van der Waals surface area contributed by atoms with Gasteiger partial charge in [0.1, 0.15) is 5.58 Å². The lowest BCUT2D eigenvalue weighted by Crippen LogP contribution is -2.20. The third kappa shape index (κ3) is 4.26. The van der Waals surface area contributed by atoms with Crippen molar-refractivity contribution in [1.29, 1.82) is 0 Å². The molecule has 0 saturated heterocycles. The zero-order chi connectivity index (χ0) is 28.8. The molecule has 8 heteroatoms. The van der Waals surface area contributed by atoms with Gasteiger partial charge in [-0.25, -0.2) is 9.78 Å². The molecule has 0 atom stereocenters. The maximum Gasteiger partial charge on any atom is 0.335 e. The summed E-state index contributed by atoms with van der Waals surface area (Å²) < 4.78 is 9.52. The molecule has 3 aromatic heterocycles. The van der Waals surface area contributed by atoms with Crippen LogP contribution in [0.25, 0.3) is 44.4 Å². The first kappa shape index (κ1) is 25.2. The first-order chi connectivity index (χ1) is 20.5. The summed E-state index contributed by atoms with van der Waals surface area (Å²) in [6.07, 6.45) is 1.69. The Morgan fingerprint density at radius 1 is 0.929 bits per heavy atom. The van der Waals surface area contributed by atoms with Crippen LogP contribution in [0.2, 0.25) is 0 Å². The van der Waals surface area contributed by atoms with Gasteiger partial charge in [0, 0.05) is 34.1 Å². The van der Waals surface area contributed by atoms with E-state index >= 15 is 0 Å². The molecule has 0 aliphatic rings. The topological polar surface area (TPSA) is 103 Å². The van der Waals surface area contributed by atoms with Crippen molar-refractivity contribution >= 4 is 45.0 Å². The summed E-state index contributed by atoms with van der Waals surface area (Å²) in [4.78, 5) is 30.1. The molecular formula is C34H24N4O4.